The molecule has 18 heavy (non-hydrogen) atoms. The van der Waals surface area contributed by atoms with Gasteiger partial charge in [-0.25, -0.2) is 18.3 Å². The van der Waals surface area contributed by atoms with Crippen molar-refractivity contribution in [3.63, 3.8) is 0 Å². The zero-order valence-corrected chi connectivity index (χ0v) is 8.75. The maximum Gasteiger partial charge on any atom is 0.417 e. The van der Waals surface area contributed by atoms with Gasteiger partial charge in [0.25, 0.3) is 6.43 Å². The van der Waals surface area contributed by atoms with Crippen LogP contribution in [0.1, 0.15) is 23.4 Å². The van der Waals surface area contributed by atoms with Crippen LogP contribution in [-0.2, 0) is 6.18 Å². The van der Waals surface area contributed by atoms with Crippen molar-refractivity contribution in [1.82, 2.24) is 14.6 Å². The molecule has 0 amide bonds. The Morgan fingerprint density at radius 2 is 2.00 bits per heavy atom. The highest BCUT2D eigenvalue weighted by Crippen LogP contribution is 2.31. The van der Waals surface area contributed by atoms with Gasteiger partial charge in [-0.1, -0.05) is 12.7 Å². The van der Waals surface area contributed by atoms with Crippen LogP contribution in [0.2, 0.25) is 0 Å². The topological polar surface area (TPSA) is 30.2 Å². The molecule has 0 aromatic carbocycles. The molecule has 0 unspecified atom stereocenters. The molecule has 0 N–H and O–H groups in total. The first-order chi connectivity index (χ1) is 8.32. The van der Waals surface area contributed by atoms with Crippen molar-refractivity contribution in [1.29, 1.82) is 0 Å². The van der Waals surface area contributed by atoms with E-state index in [9.17, 15) is 22.0 Å². The summed E-state index contributed by atoms with van der Waals surface area (Å²) < 4.78 is 63.1. The van der Waals surface area contributed by atoms with Crippen molar-refractivity contribution in [3.05, 3.63) is 35.8 Å². The van der Waals surface area contributed by atoms with E-state index < -0.39 is 24.0 Å². The molecule has 96 valence electrons. The van der Waals surface area contributed by atoms with Gasteiger partial charge < -0.3 is 0 Å². The monoisotopic (exact) mass is 263 g/mol. The van der Waals surface area contributed by atoms with Crippen LogP contribution in [0.3, 0.4) is 0 Å². The molecule has 8 heteroatoms. The van der Waals surface area contributed by atoms with Crippen LogP contribution in [-0.4, -0.2) is 14.6 Å². The molecule has 2 rings (SSSR count). The fourth-order valence-electron chi connectivity index (χ4n) is 1.43. The van der Waals surface area contributed by atoms with Gasteiger partial charge in [0, 0.05) is 11.8 Å². The van der Waals surface area contributed by atoms with E-state index >= 15 is 0 Å². The molecule has 0 saturated heterocycles. The van der Waals surface area contributed by atoms with Gasteiger partial charge >= 0.3 is 6.18 Å². The predicted octanol–water partition coefficient (Wildman–Crippen LogP) is 3.33. The Morgan fingerprint density at radius 3 is 2.50 bits per heavy atom. The minimum atomic E-state index is -4.59. The molecule has 0 aliphatic carbocycles. The number of aromatic nitrogens is 3. The summed E-state index contributed by atoms with van der Waals surface area (Å²) in [6.45, 7) is 3.32. The van der Waals surface area contributed by atoms with Gasteiger partial charge in [-0.15, -0.1) is 5.10 Å². The average molecular weight is 263 g/mol. The van der Waals surface area contributed by atoms with Crippen LogP contribution < -0.4 is 0 Å². The molecule has 0 saturated carbocycles. The molecule has 0 bridgehead atoms. The summed E-state index contributed by atoms with van der Waals surface area (Å²) in [5, 5.41) is 3.30. The van der Waals surface area contributed by atoms with Crippen molar-refractivity contribution < 1.29 is 22.0 Å². The Balaban J connectivity index is 2.72. The highest BCUT2D eigenvalue weighted by atomic mass is 19.4. The Labute approximate surface area is 97.6 Å². The van der Waals surface area contributed by atoms with Gasteiger partial charge in [0.15, 0.2) is 5.65 Å². The Bertz CT molecular complexity index is 599. The minimum absolute atomic E-state index is 0.00998. The molecule has 0 aliphatic heterocycles. The second-order valence-corrected chi connectivity index (χ2v) is 3.42. The smallest absolute Gasteiger partial charge is 0.219 e. The third kappa shape index (κ3) is 2.05. The molecular formula is C10H6F5N3. The van der Waals surface area contributed by atoms with Crippen LogP contribution in [0.15, 0.2) is 18.8 Å². The van der Waals surface area contributed by atoms with E-state index in [2.05, 4.69) is 16.7 Å². The first-order valence-corrected chi connectivity index (χ1v) is 4.71. The zero-order valence-electron chi connectivity index (χ0n) is 8.75. The van der Waals surface area contributed by atoms with E-state index in [1.165, 1.54) is 0 Å². The standard InChI is InChI=1S/C10H6F5N3/c1-2-5-3-6(10(13,14)15)4-18-9(5)16-8(17-18)7(11)12/h2-4,7H,1H2. The second kappa shape index (κ2) is 4.04. The third-order valence-electron chi connectivity index (χ3n) is 2.22. The van der Waals surface area contributed by atoms with Gasteiger partial charge in [-0.05, 0) is 6.07 Å². The number of rotatable bonds is 2. The number of nitrogens with zero attached hydrogens (tertiary/aromatic N) is 3. The number of fused-ring (bicyclic) bond motifs is 1. The lowest BCUT2D eigenvalue weighted by atomic mass is 10.2. The third-order valence-corrected chi connectivity index (χ3v) is 2.22. The van der Waals surface area contributed by atoms with Crippen LogP contribution in [0.4, 0.5) is 22.0 Å². The fourth-order valence-corrected chi connectivity index (χ4v) is 1.43. The zero-order chi connectivity index (χ0) is 13.5. The Hall–Kier alpha value is -1.99. The van der Waals surface area contributed by atoms with Gasteiger partial charge in [-0.3, -0.25) is 0 Å². The van der Waals surface area contributed by atoms with Crippen molar-refractivity contribution in [2.24, 2.45) is 0 Å². The van der Waals surface area contributed by atoms with E-state index in [-0.39, 0.29) is 11.2 Å². The largest absolute Gasteiger partial charge is 0.417 e. The van der Waals surface area contributed by atoms with E-state index in [0.29, 0.717) is 10.7 Å². The van der Waals surface area contributed by atoms with Gasteiger partial charge in [0.05, 0.1) is 5.56 Å². The van der Waals surface area contributed by atoms with Crippen LogP contribution in [0.5, 0.6) is 0 Å². The maximum absolute atomic E-state index is 12.6. The van der Waals surface area contributed by atoms with Gasteiger partial charge in [0.2, 0.25) is 5.82 Å². The Morgan fingerprint density at radius 1 is 1.33 bits per heavy atom. The molecule has 0 fully saturated rings. The first kappa shape index (κ1) is 12.5. The summed E-state index contributed by atoms with van der Waals surface area (Å²) in [4.78, 5) is 3.47. The van der Waals surface area contributed by atoms with E-state index in [1.54, 1.807) is 0 Å². The summed E-state index contributed by atoms with van der Waals surface area (Å²) >= 11 is 0. The van der Waals surface area contributed by atoms with Crippen molar-refractivity contribution in [3.8, 4) is 0 Å². The van der Waals surface area contributed by atoms with E-state index in [1.807, 2.05) is 0 Å². The molecule has 0 radical (unpaired) electrons. The molecule has 2 heterocycles. The lowest BCUT2D eigenvalue weighted by Crippen LogP contribution is -2.07. The summed E-state index contributed by atoms with van der Waals surface area (Å²) in [5.41, 5.74) is -1.10. The van der Waals surface area contributed by atoms with Gasteiger partial charge in [-0.2, -0.15) is 13.2 Å². The summed E-state index contributed by atoms with van der Waals surface area (Å²) in [6, 6.07) is 0.784. The SMILES string of the molecule is C=Cc1cc(C(F)(F)F)cn2nc(C(F)F)nc12. The number of hydrogen-bond acceptors (Lipinski definition) is 2. The molecule has 0 aliphatic rings. The lowest BCUT2D eigenvalue weighted by molar-refractivity contribution is -0.137. The number of pyridine rings is 1. The van der Waals surface area contributed by atoms with Gasteiger partial charge in [0.1, 0.15) is 0 Å². The summed E-state index contributed by atoms with van der Waals surface area (Å²) in [6.07, 6.45) is -5.82. The highest BCUT2D eigenvalue weighted by Gasteiger charge is 2.32. The second-order valence-electron chi connectivity index (χ2n) is 3.42. The quantitative estimate of drug-likeness (QED) is 0.778. The molecule has 0 atom stereocenters. The number of halogens is 5. The first-order valence-electron chi connectivity index (χ1n) is 4.71. The summed E-state index contributed by atoms with van der Waals surface area (Å²) in [5.74, 6) is -0.822. The number of alkyl halides is 5. The van der Waals surface area contributed by atoms with Crippen molar-refractivity contribution >= 4 is 11.7 Å². The maximum atomic E-state index is 12.6. The molecule has 3 nitrogen and oxygen atoms in total. The van der Waals surface area contributed by atoms with Crippen LogP contribution >= 0.6 is 0 Å². The molecule has 2 aromatic rings. The molecule has 0 spiro atoms. The van der Waals surface area contributed by atoms with Crippen molar-refractivity contribution in [2.45, 2.75) is 12.6 Å². The van der Waals surface area contributed by atoms with E-state index in [0.717, 1.165) is 12.1 Å². The number of hydrogen-bond donors (Lipinski definition) is 0. The molecule has 2 aromatic heterocycles. The fraction of sp³-hybridized carbons (Fsp3) is 0.200. The average Bonchev–Trinajstić information content (AvgIpc) is 2.70. The van der Waals surface area contributed by atoms with Crippen LogP contribution in [0, 0.1) is 0 Å². The lowest BCUT2D eigenvalue weighted by Gasteiger charge is -2.07. The normalized spacial score (nSPS) is 12.3. The Kier molecular flexibility index (Phi) is 2.80. The van der Waals surface area contributed by atoms with Crippen molar-refractivity contribution in [2.75, 3.05) is 0 Å². The minimum Gasteiger partial charge on any atom is -0.219 e. The highest BCUT2D eigenvalue weighted by molar-refractivity contribution is 5.65. The van der Waals surface area contributed by atoms with E-state index in [4.69, 9.17) is 0 Å². The predicted molar refractivity (Wildman–Crippen MR) is 53.0 cm³/mol. The van der Waals surface area contributed by atoms with Crippen LogP contribution in [0.25, 0.3) is 11.7 Å². The molecular weight excluding hydrogens is 257 g/mol. The summed E-state index contributed by atoms with van der Waals surface area (Å²) in [7, 11) is 0.